The molecule has 3 aromatic heterocycles. The van der Waals surface area contributed by atoms with E-state index in [1.807, 2.05) is 61.8 Å². The van der Waals surface area contributed by atoms with Gasteiger partial charge in [0.15, 0.2) is 0 Å². The molecule has 22 heavy (non-hydrogen) atoms. The Morgan fingerprint density at radius 1 is 1.14 bits per heavy atom. The molecule has 0 bridgehead atoms. The lowest BCUT2D eigenvalue weighted by Crippen LogP contribution is -2.12. The summed E-state index contributed by atoms with van der Waals surface area (Å²) >= 11 is 0. The van der Waals surface area contributed by atoms with Crippen molar-refractivity contribution in [2.75, 3.05) is 19.0 Å². The first-order chi connectivity index (χ1) is 10.6. The fourth-order valence-electron chi connectivity index (χ4n) is 2.35. The molecule has 3 heterocycles. The summed E-state index contributed by atoms with van der Waals surface area (Å²) in [5, 5.41) is 0. The average molecular weight is 297 g/mol. The van der Waals surface area contributed by atoms with Gasteiger partial charge < -0.3 is 9.64 Å². The molecule has 6 nitrogen and oxygen atoms in total. The number of rotatable bonds is 4. The Morgan fingerprint density at radius 2 is 1.95 bits per heavy atom. The molecule has 0 aromatic carbocycles. The van der Waals surface area contributed by atoms with Gasteiger partial charge in [-0.25, -0.2) is 15.0 Å². The highest BCUT2D eigenvalue weighted by Crippen LogP contribution is 2.30. The van der Waals surface area contributed by atoms with Gasteiger partial charge in [0.2, 0.25) is 5.65 Å². The van der Waals surface area contributed by atoms with Crippen molar-refractivity contribution in [2.45, 2.75) is 20.0 Å². The van der Waals surface area contributed by atoms with Crippen LogP contribution in [0.3, 0.4) is 0 Å². The molecular formula is C16H19N5O. The van der Waals surface area contributed by atoms with Gasteiger partial charge in [0.1, 0.15) is 5.82 Å². The normalized spacial score (nSPS) is 11.1. The smallest absolute Gasteiger partial charge is 0.258 e. The van der Waals surface area contributed by atoms with Crippen molar-refractivity contribution in [3.63, 3.8) is 0 Å². The molecule has 3 rings (SSSR count). The average Bonchev–Trinajstić information content (AvgIpc) is 2.91. The predicted octanol–water partition coefficient (Wildman–Crippen LogP) is 2.64. The van der Waals surface area contributed by atoms with Crippen molar-refractivity contribution < 1.29 is 4.74 Å². The quantitative estimate of drug-likeness (QED) is 0.741. The first-order valence-electron chi connectivity index (χ1n) is 7.19. The van der Waals surface area contributed by atoms with E-state index in [9.17, 15) is 0 Å². The molecule has 0 amide bonds. The Balaban J connectivity index is 2.18. The van der Waals surface area contributed by atoms with Crippen LogP contribution in [0.15, 0.2) is 36.9 Å². The molecule has 0 aliphatic carbocycles. The van der Waals surface area contributed by atoms with Gasteiger partial charge in [-0.3, -0.25) is 4.40 Å². The fraction of sp³-hybridized carbons (Fsp3) is 0.312. The zero-order valence-electron chi connectivity index (χ0n) is 13.2. The summed E-state index contributed by atoms with van der Waals surface area (Å²) in [6.07, 6.45) is 7.28. The van der Waals surface area contributed by atoms with Crippen LogP contribution in [0.4, 0.5) is 5.82 Å². The Kier molecular flexibility index (Phi) is 3.66. The van der Waals surface area contributed by atoms with Gasteiger partial charge in [-0.1, -0.05) is 0 Å². The SMILES string of the molecule is CC(C)Oc1nccn2c(-c3cccnc3N(C)C)cnc12. The highest BCUT2D eigenvalue weighted by molar-refractivity contribution is 5.75. The van der Waals surface area contributed by atoms with E-state index in [1.54, 1.807) is 12.4 Å². The van der Waals surface area contributed by atoms with Gasteiger partial charge in [0, 0.05) is 38.2 Å². The van der Waals surface area contributed by atoms with Crippen molar-refractivity contribution in [2.24, 2.45) is 0 Å². The lowest BCUT2D eigenvalue weighted by atomic mass is 10.2. The van der Waals surface area contributed by atoms with E-state index in [1.165, 1.54) is 0 Å². The van der Waals surface area contributed by atoms with Crippen molar-refractivity contribution in [3.8, 4) is 17.1 Å². The first kappa shape index (κ1) is 14.3. The molecule has 3 aromatic rings. The maximum atomic E-state index is 5.73. The number of nitrogens with zero attached hydrogens (tertiary/aromatic N) is 5. The number of pyridine rings is 1. The van der Waals surface area contributed by atoms with Gasteiger partial charge in [-0.15, -0.1) is 0 Å². The molecule has 0 unspecified atom stereocenters. The van der Waals surface area contributed by atoms with Crippen LogP contribution < -0.4 is 9.64 Å². The third-order valence-electron chi connectivity index (χ3n) is 3.23. The van der Waals surface area contributed by atoms with Crippen LogP contribution >= 0.6 is 0 Å². The zero-order valence-corrected chi connectivity index (χ0v) is 13.2. The topological polar surface area (TPSA) is 55.6 Å². The Bertz CT molecular complexity index is 794. The van der Waals surface area contributed by atoms with E-state index in [0.29, 0.717) is 11.5 Å². The summed E-state index contributed by atoms with van der Waals surface area (Å²) < 4.78 is 7.71. The van der Waals surface area contributed by atoms with E-state index >= 15 is 0 Å². The third-order valence-corrected chi connectivity index (χ3v) is 3.23. The highest BCUT2D eigenvalue weighted by Gasteiger charge is 2.15. The number of anilines is 1. The number of hydrogen-bond acceptors (Lipinski definition) is 5. The number of fused-ring (bicyclic) bond motifs is 1. The molecule has 0 saturated carbocycles. The monoisotopic (exact) mass is 297 g/mol. The van der Waals surface area contributed by atoms with Crippen LogP contribution in [0, 0.1) is 0 Å². The molecule has 6 heteroatoms. The van der Waals surface area contributed by atoms with E-state index in [2.05, 4.69) is 15.0 Å². The molecule has 0 aliphatic rings. The lowest BCUT2D eigenvalue weighted by molar-refractivity contribution is 0.234. The largest absolute Gasteiger partial charge is 0.472 e. The molecule has 0 spiro atoms. The Hall–Kier alpha value is -2.63. The number of aromatic nitrogens is 4. The minimum absolute atomic E-state index is 0.0505. The Labute approximate surface area is 129 Å². The van der Waals surface area contributed by atoms with Crippen molar-refractivity contribution in [3.05, 3.63) is 36.9 Å². The van der Waals surface area contributed by atoms with E-state index in [0.717, 1.165) is 17.1 Å². The fourth-order valence-corrected chi connectivity index (χ4v) is 2.35. The van der Waals surface area contributed by atoms with Crippen LogP contribution in [-0.4, -0.2) is 39.6 Å². The molecule has 0 aliphatic heterocycles. The molecule has 0 fully saturated rings. The molecule has 0 radical (unpaired) electrons. The van der Waals surface area contributed by atoms with Crippen LogP contribution in [0.25, 0.3) is 16.9 Å². The maximum Gasteiger partial charge on any atom is 0.258 e. The van der Waals surface area contributed by atoms with Gasteiger partial charge >= 0.3 is 0 Å². The van der Waals surface area contributed by atoms with Gasteiger partial charge in [-0.05, 0) is 26.0 Å². The standard InChI is InChI=1S/C16H19N5O/c1-11(2)22-16-15-19-10-13(21(15)9-8-18-16)12-6-5-7-17-14(12)20(3)4/h5-11H,1-4H3. The van der Waals surface area contributed by atoms with Gasteiger partial charge in [0.25, 0.3) is 5.88 Å². The molecule has 0 N–H and O–H groups in total. The minimum Gasteiger partial charge on any atom is -0.472 e. The van der Waals surface area contributed by atoms with Crippen molar-refractivity contribution in [1.29, 1.82) is 0 Å². The van der Waals surface area contributed by atoms with Gasteiger partial charge in [-0.2, -0.15) is 0 Å². The summed E-state index contributed by atoms with van der Waals surface area (Å²) in [7, 11) is 3.95. The summed E-state index contributed by atoms with van der Waals surface area (Å²) in [5.41, 5.74) is 2.68. The second-order valence-electron chi connectivity index (χ2n) is 5.51. The van der Waals surface area contributed by atoms with Crippen LogP contribution in [0.1, 0.15) is 13.8 Å². The second-order valence-corrected chi connectivity index (χ2v) is 5.51. The number of imidazole rings is 1. The van der Waals surface area contributed by atoms with Gasteiger partial charge in [0.05, 0.1) is 18.0 Å². The predicted molar refractivity (Wildman–Crippen MR) is 86.3 cm³/mol. The first-order valence-corrected chi connectivity index (χ1v) is 7.19. The Morgan fingerprint density at radius 3 is 2.68 bits per heavy atom. The molecule has 0 saturated heterocycles. The van der Waals surface area contributed by atoms with Crippen LogP contribution in [0.2, 0.25) is 0 Å². The second kappa shape index (κ2) is 5.63. The maximum absolute atomic E-state index is 5.73. The van der Waals surface area contributed by atoms with E-state index in [-0.39, 0.29) is 6.10 Å². The third kappa shape index (κ3) is 2.47. The summed E-state index contributed by atoms with van der Waals surface area (Å²) in [5.74, 6) is 1.44. The lowest BCUT2D eigenvalue weighted by Gasteiger charge is -2.15. The van der Waals surface area contributed by atoms with E-state index in [4.69, 9.17) is 4.74 Å². The van der Waals surface area contributed by atoms with Crippen LogP contribution in [-0.2, 0) is 0 Å². The number of hydrogen-bond donors (Lipinski definition) is 0. The molecular weight excluding hydrogens is 278 g/mol. The van der Waals surface area contributed by atoms with Crippen LogP contribution in [0.5, 0.6) is 5.88 Å². The summed E-state index contributed by atoms with van der Waals surface area (Å²) in [6.45, 7) is 3.95. The highest BCUT2D eigenvalue weighted by atomic mass is 16.5. The molecule has 0 atom stereocenters. The molecule has 114 valence electrons. The van der Waals surface area contributed by atoms with Crippen molar-refractivity contribution >= 4 is 11.5 Å². The van der Waals surface area contributed by atoms with Crippen molar-refractivity contribution in [1.82, 2.24) is 19.4 Å². The number of ether oxygens (including phenoxy) is 1. The van der Waals surface area contributed by atoms with E-state index < -0.39 is 0 Å². The minimum atomic E-state index is 0.0505. The zero-order chi connectivity index (χ0) is 15.7. The summed E-state index contributed by atoms with van der Waals surface area (Å²) in [6, 6.07) is 3.96. The summed E-state index contributed by atoms with van der Waals surface area (Å²) in [4.78, 5) is 15.2.